The Hall–Kier alpha value is -1.28. The van der Waals surface area contributed by atoms with E-state index in [1.54, 1.807) is 0 Å². The monoisotopic (exact) mass is 508 g/mol. The Balaban J connectivity index is 1.23. The SMILES string of the molecule is C=C1C2CCC3C45C[C@]46c4nc(N7CCCCCC7)sc4CC(C)(C)C6[C@H](O)[C@@](O)(O5)[C@]34C(=O)C1[C@H]24. The first-order valence-corrected chi connectivity index (χ1v) is 15.1. The minimum absolute atomic E-state index is 0.0437. The van der Waals surface area contributed by atoms with E-state index in [9.17, 15) is 15.0 Å². The van der Waals surface area contributed by atoms with Gasteiger partial charge in [-0.1, -0.05) is 38.8 Å². The third kappa shape index (κ3) is 1.84. The molecule has 2 N–H and O–H groups in total. The molecule has 2 bridgehead atoms. The van der Waals surface area contributed by atoms with Crippen molar-refractivity contribution in [1.82, 2.24) is 4.98 Å². The molecule has 0 aromatic carbocycles. The molecule has 7 fully saturated rings. The molecule has 6 nitrogen and oxygen atoms in total. The molecule has 5 unspecified atom stereocenters. The molecule has 192 valence electrons. The van der Waals surface area contributed by atoms with Gasteiger partial charge in [-0.05, 0) is 55.8 Å². The topological polar surface area (TPSA) is 82.9 Å². The van der Waals surface area contributed by atoms with Crippen LogP contribution in [0.4, 0.5) is 5.13 Å². The molecule has 3 aliphatic heterocycles. The first-order chi connectivity index (χ1) is 17.2. The molecule has 9 rings (SSSR count). The summed E-state index contributed by atoms with van der Waals surface area (Å²) in [5, 5.41) is 25.6. The fourth-order valence-electron chi connectivity index (χ4n) is 11.4. The summed E-state index contributed by atoms with van der Waals surface area (Å²) in [6.07, 6.45) is 7.40. The number of nitrogens with zero attached hydrogens (tertiary/aromatic N) is 2. The molecule has 3 spiro atoms. The van der Waals surface area contributed by atoms with Crippen LogP contribution in [0.15, 0.2) is 12.2 Å². The predicted octanol–water partition coefficient (Wildman–Crippen LogP) is 3.59. The molecule has 0 radical (unpaired) electrons. The van der Waals surface area contributed by atoms with Gasteiger partial charge in [0.2, 0.25) is 5.79 Å². The Kier molecular flexibility index (Phi) is 3.59. The summed E-state index contributed by atoms with van der Waals surface area (Å²) >= 11 is 1.85. The van der Waals surface area contributed by atoms with Gasteiger partial charge in [0.15, 0.2) is 10.9 Å². The number of aliphatic hydroxyl groups excluding tert-OH is 1. The van der Waals surface area contributed by atoms with Crippen molar-refractivity contribution in [2.75, 3.05) is 18.0 Å². The summed E-state index contributed by atoms with van der Waals surface area (Å²) in [5.41, 5.74) is -0.0280. The number of hydrogen-bond acceptors (Lipinski definition) is 7. The third-order valence-electron chi connectivity index (χ3n) is 12.6. The van der Waals surface area contributed by atoms with E-state index in [1.807, 2.05) is 11.3 Å². The summed E-state index contributed by atoms with van der Waals surface area (Å²) in [5.74, 6) is -1.69. The Morgan fingerprint density at radius 2 is 1.92 bits per heavy atom. The highest BCUT2D eigenvalue weighted by atomic mass is 32.1. The highest BCUT2D eigenvalue weighted by Crippen LogP contribution is 2.90. The van der Waals surface area contributed by atoms with E-state index in [4.69, 9.17) is 9.72 Å². The van der Waals surface area contributed by atoms with Crippen molar-refractivity contribution >= 4 is 22.3 Å². The lowest BCUT2D eigenvalue weighted by atomic mass is 9.30. The average molecular weight is 509 g/mol. The molecule has 1 aromatic rings. The lowest BCUT2D eigenvalue weighted by Gasteiger charge is -2.71. The lowest BCUT2D eigenvalue weighted by molar-refractivity contribution is -0.351. The van der Waals surface area contributed by atoms with Gasteiger partial charge >= 0.3 is 0 Å². The van der Waals surface area contributed by atoms with Crippen LogP contribution in [0, 0.1) is 40.4 Å². The number of ether oxygens (including phenoxy) is 1. The molecule has 7 heteroatoms. The maximum atomic E-state index is 13.9. The number of aliphatic hydroxyl groups is 2. The zero-order valence-corrected chi connectivity index (χ0v) is 22.1. The Morgan fingerprint density at radius 1 is 1.17 bits per heavy atom. The highest BCUT2D eigenvalue weighted by Gasteiger charge is 2.99. The number of rotatable bonds is 1. The van der Waals surface area contributed by atoms with E-state index in [1.165, 1.54) is 30.6 Å². The zero-order valence-electron chi connectivity index (χ0n) is 21.3. The number of fused-ring (bicyclic) bond motifs is 2. The van der Waals surface area contributed by atoms with Crippen LogP contribution in [0.1, 0.15) is 69.4 Å². The van der Waals surface area contributed by atoms with Gasteiger partial charge in [-0.3, -0.25) is 4.79 Å². The summed E-state index contributed by atoms with van der Waals surface area (Å²) < 4.78 is 6.80. The predicted molar refractivity (Wildman–Crippen MR) is 135 cm³/mol. The maximum Gasteiger partial charge on any atom is 0.206 e. The second kappa shape index (κ2) is 5.98. The van der Waals surface area contributed by atoms with E-state index in [2.05, 4.69) is 25.3 Å². The van der Waals surface area contributed by atoms with Crippen LogP contribution < -0.4 is 4.90 Å². The van der Waals surface area contributed by atoms with Gasteiger partial charge in [0.05, 0.1) is 22.1 Å². The van der Waals surface area contributed by atoms with Crippen LogP contribution in [-0.4, -0.2) is 51.6 Å². The molecule has 4 heterocycles. The summed E-state index contributed by atoms with van der Waals surface area (Å²) in [6, 6.07) is 0. The van der Waals surface area contributed by atoms with Crippen LogP contribution >= 0.6 is 11.3 Å². The molecular formula is C29H36N2O4S. The van der Waals surface area contributed by atoms with Crippen molar-refractivity contribution in [2.24, 2.45) is 40.4 Å². The van der Waals surface area contributed by atoms with Crippen molar-refractivity contribution in [3.8, 4) is 0 Å². The van der Waals surface area contributed by atoms with E-state index in [0.29, 0.717) is 0 Å². The van der Waals surface area contributed by atoms with Crippen molar-refractivity contribution in [3.05, 3.63) is 22.7 Å². The van der Waals surface area contributed by atoms with Gasteiger partial charge in [-0.2, -0.15) is 0 Å². The van der Waals surface area contributed by atoms with Gasteiger partial charge in [0.1, 0.15) is 6.10 Å². The minimum atomic E-state index is -1.79. The molecule has 10 atom stereocenters. The van der Waals surface area contributed by atoms with Crippen LogP contribution in [0.3, 0.4) is 0 Å². The number of anilines is 1. The number of carbonyl (C=O) groups excluding carboxylic acids is 1. The largest absolute Gasteiger partial charge is 0.387 e. The molecule has 3 saturated heterocycles. The van der Waals surface area contributed by atoms with E-state index in [0.717, 1.165) is 55.2 Å². The molecule has 8 aliphatic rings. The quantitative estimate of drug-likeness (QED) is 0.564. The van der Waals surface area contributed by atoms with Crippen molar-refractivity contribution in [3.63, 3.8) is 0 Å². The Morgan fingerprint density at radius 3 is 2.67 bits per heavy atom. The number of Topliss-reactive ketones (excluding diaryl/α,β-unsaturated/α-hetero) is 1. The van der Waals surface area contributed by atoms with E-state index < -0.39 is 28.3 Å². The number of hydrogen-bond donors (Lipinski definition) is 2. The molecule has 0 amide bonds. The summed E-state index contributed by atoms with van der Waals surface area (Å²) in [7, 11) is 0. The van der Waals surface area contributed by atoms with Gasteiger partial charge in [0.25, 0.3) is 0 Å². The van der Waals surface area contributed by atoms with Crippen molar-refractivity contribution in [2.45, 2.75) is 88.1 Å². The number of carbonyl (C=O) groups is 1. The maximum absolute atomic E-state index is 13.9. The van der Waals surface area contributed by atoms with Gasteiger partial charge in [-0.15, -0.1) is 11.3 Å². The van der Waals surface area contributed by atoms with Crippen LogP contribution in [0.25, 0.3) is 0 Å². The second-order valence-electron chi connectivity index (χ2n) is 14.1. The Labute approximate surface area is 216 Å². The van der Waals surface area contributed by atoms with Crippen molar-refractivity contribution < 1.29 is 19.7 Å². The first kappa shape index (κ1) is 21.6. The second-order valence-corrected chi connectivity index (χ2v) is 15.2. The molecular weight excluding hydrogens is 472 g/mol. The van der Waals surface area contributed by atoms with Gasteiger partial charge in [0, 0.05) is 35.7 Å². The number of aromatic nitrogens is 1. The average Bonchev–Trinajstić information content (AvgIpc) is 3.32. The molecule has 4 saturated carbocycles. The van der Waals surface area contributed by atoms with E-state index in [-0.39, 0.29) is 40.8 Å². The zero-order chi connectivity index (χ0) is 24.6. The fraction of sp³-hybridized carbons (Fsp3) is 0.793. The summed E-state index contributed by atoms with van der Waals surface area (Å²) in [4.78, 5) is 23.1. The Bertz CT molecular complexity index is 1270. The van der Waals surface area contributed by atoms with Crippen LogP contribution in [0.2, 0.25) is 0 Å². The lowest BCUT2D eigenvalue weighted by Crippen LogP contribution is -2.80. The first-order valence-electron chi connectivity index (χ1n) is 14.2. The normalized spacial score (nSPS) is 54.7. The standard InChI is InChI=1S/C29H36N2O4S/c1-14-15-8-9-17-27-13-26(27)20(23(33)29(34,35-27)28(17)19(15)18(14)22(28)32)25(2,3)12-16-21(26)30-24(36-16)31-10-6-4-5-7-11-31/h15,17-20,23,33-34H,1,4-13H2,2-3H3/t15?,17?,18?,19-,20?,23-,26-,27?,28+,29+/m0/s1. The highest BCUT2D eigenvalue weighted by molar-refractivity contribution is 7.15. The number of allylic oxidation sites excluding steroid dienone is 1. The molecule has 5 aliphatic carbocycles. The van der Waals surface area contributed by atoms with Crippen LogP contribution in [0.5, 0.6) is 0 Å². The molecule has 1 aromatic heterocycles. The van der Waals surface area contributed by atoms with Crippen molar-refractivity contribution in [1.29, 1.82) is 0 Å². The number of thiazole rings is 1. The number of ketones is 1. The summed E-state index contributed by atoms with van der Waals surface area (Å²) in [6.45, 7) is 10.9. The molecule has 36 heavy (non-hydrogen) atoms. The fourth-order valence-corrected chi connectivity index (χ4v) is 12.9. The van der Waals surface area contributed by atoms with Gasteiger partial charge < -0.3 is 19.8 Å². The third-order valence-corrected chi connectivity index (χ3v) is 13.7. The van der Waals surface area contributed by atoms with E-state index >= 15 is 0 Å². The van der Waals surface area contributed by atoms with Gasteiger partial charge in [-0.25, -0.2) is 4.98 Å². The van der Waals surface area contributed by atoms with Crippen LogP contribution in [-0.2, 0) is 21.4 Å². The minimum Gasteiger partial charge on any atom is -0.387 e. The smallest absolute Gasteiger partial charge is 0.206 e.